The van der Waals surface area contributed by atoms with Crippen LogP contribution in [0.15, 0.2) is 108 Å². The van der Waals surface area contributed by atoms with Gasteiger partial charge in [0.2, 0.25) is 0 Å². The van der Waals surface area contributed by atoms with Gasteiger partial charge in [0.05, 0.1) is 30.5 Å². The number of nitrogen functional groups attached to an aromatic ring is 1. The third kappa shape index (κ3) is 5.08. The Morgan fingerprint density at radius 3 is 2.40 bits per heavy atom. The Balaban J connectivity index is 1.42. The maximum absolute atomic E-state index is 15.9. The van der Waals surface area contributed by atoms with E-state index in [9.17, 15) is 0 Å². The Morgan fingerprint density at radius 1 is 0.929 bits per heavy atom. The van der Waals surface area contributed by atoms with Gasteiger partial charge in [-0.25, -0.2) is 9.38 Å². The third-order valence-electron chi connectivity index (χ3n) is 7.49. The van der Waals surface area contributed by atoms with E-state index >= 15 is 4.39 Å². The molecule has 2 heterocycles. The largest absolute Gasteiger partial charge is 0.497 e. The number of hydrogen-bond acceptors (Lipinski definition) is 6. The molecule has 8 heteroatoms. The van der Waals surface area contributed by atoms with E-state index in [1.807, 2.05) is 96.6 Å². The molecule has 0 bridgehead atoms. The van der Waals surface area contributed by atoms with Crippen LogP contribution in [0.25, 0.3) is 5.69 Å². The number of aliphatic imine (C=N–C) groups is 1. The predicted molar refractivity (Wildman–Crippen MR) is 165 cm³/mol. The first-order valence-corrected chi connectivity index (χ1v) is 13.7. The van der Waals surface area contributed by atoms with Gasteiger partial charge < -0.3 is 25.1 Å². The summed E-state index contributed by atoms with van der Waals surface area (Å²) in [5.74, 6) is 0.808. The molecule has 1 atom stereocenters. The smallest absolute Gasteiger partial charge is 0.183 e. The maximum atomic E-state index is 15.9. The van der Waals surface area contributed by atoms with Gasteiger partial charge in [-0.05, 0) is 53.9 Å². The molecule has 0 saturated heterocycles. The van der Waals surface area contributed by atoms with Crippen molar-refractivity contribution in [2.45, 2.75) is 25.7 Å². The molecule has 1 unspecified atom stereocenters. The average molecular weight is 562 g/mol. The number of fused-ring (bicyclic) bond motifs is 1. The van der Waals surface area contributed by atoms with Crippen LogP contribution in [0, 0.1) is 12.7 Å². The second-order valence-electron chi connectivity index (χ2n) is 10.2. The van der Waals surface area contributed by atoms with Crippen LogP contribution >= 0.6 is 0 Å². The van der Waals surface area contributed by atoms with Crippen molar-refractivity contribution in [3.63, 3.8) is 0 Å². The van der Waals surface area contributed by atoms with Crippen LogP contribution in [-0.2, 0) is 18.8 Å². The van der Waals surface area contributed by atoms with Crippen molar-refractivity contribution in [2.75, 3.05) is 18.2 Å². The predicted octanol–water partition coefficient (Wildman–Crippen LogP) is 6.54. The normalized spacial score (nSPS) is 15.6. The second kappa shape index (κ2) is 11.4. The van der Waals surface area contributed by atoms with Crippen molar-refractivity contribution in [2.24, 2.45) is 4.99 Å². The quantitative estimate of drug-likeness (QED) is 0.178. The SMILES string of the molecule is COc1ccc(CNC2(c3ccccc3N)N=CNc3c(C)cn(-c4ccc(OCc5ccccc5)cc4F)c32)cc1. The zero-order chi connectivity index (χ0) is 29.1. The number of nitrogens with one attached hydrogen (secondary N) is 2. The van der Waals surface area contributed by atoms with E-state index in [0.717, 1.165) is 39.4 Å². The van der Waals surface area contributed by atoms with Crippen LogP contribution in [0.1, 0.15) is 27.9 Å². The molecular weight excluding hydrogens is 529 g/mol. The Morgan fingerprint density at radius 2 is 1.67 bits per heavy atom. The van der Waals surface area contributed by atoms with E-state index < -0.39 is 11.5 Å². The van der Waals surface area contributed by atoms with Crippen molar-refractivity contribution in [3.8, 4) is 17.2 Å². The number of aromatic nitrogens is 1. The zero-order valence-electron chi connectivity index (χ0n) is 23.5. The number of aryl methyl sites for hydroxylation is 1. The number of methoxy groups -OCH3 is 1. The molecule has 1 aliphatic rings. The van der Waals surface area contributed by atoms with E-state index in [0.29, 0.717) is 30.3 Å². The number of ether oxygens (including phenoxy) is 2. The van der Waals surface area contributed by atoms with E-state index in [2.05, 4.69) is 10.6 Å². The highest BCUT2D eigenvalue weighted by molar-refractivity contribution is 5.85. The van der Waals surface area contributed by atoms with Gasteiger partial charge in [-0.15, -0.1) is 0 Å². The maximum Gasteiger partial charge on any atom is 0.183 e. The lowest BCUT2D eigenvalue weighted by atomic mass is 9.91. The van der Waals surface area contributed by atoms with Crippen molar-refractivity contribution in [1.29, 1.82) is 0 Å². The van der Waals surface area contributed by atoms with Gasteiger partial charge in [-0.3, -0.25) is 5.32 Å². The van der Waals surface area contributed by atoms with Crippen LogP contribution in [0.2, 0.25) is 0 Å². The van der Waals surface area contributed by atoms with Crippen LogP contribution in [0.5, 0.6) is 11.5 Å². The number of benzene rings is 4. The molecule has 212 valence electrons. The fourth-order valence-corrected chi connectivity index (χ4v) is 5.35. The summed E-state index contributed by atoms with van der Waals surface area (Å²) in [6, 6.07) is 30.2. The molecule has 4 N–H and O–H groups in total. The van der Waals surface area contributed by atoms with E-state index in [1.54, 1.807) is 25.6 Å². The van der Waals surface area contributed by atoms with E-state index in [1.165, 1.54) is 6.07 Å². The number of rotatable bonds is 9. The minimum absolute atomic E-state index is 0.349. The van der Waals surface area contributed by atoms with Crippen molar-refractivity contribution in [3.05, 3.63) is 137 Å². The third-order valence-corrected chi connectivity index (χ3v) is 7.49. The lowest BCUT2D eigenvalue weighted by Gasteiger charge is -2.37. The van der Waals surface area contributed by atoms with Crippen LogP contribution < -0.4 is 25.8 Å². The summed E-state index contributed by atoms with van der Waals surface area (Å²) in [5.41, 5.74) is 11.7. The van der Waals surface area contributed by atoms with Crippen LogP contribution in [0.4, 0.5) is 15.8 Å². The first-order valence-electron chi connectivity index (χ1n) is 13.7. The van der Waals surface area contributed by atoms with Crippen molar-refractivity contribution < 1.29 is 13.9 Å². The fourth-order valence-electron chi connectivity index (χ4n) is 5.35. The molecule has 1 aromatic heterocycles. The Hall–Kier alpha value is -5.08. The molecule has 0 aliphatic carbocycles. The average Bonchev–Trinajstić information content (AvgIpc) is 3.37. The minimum atomic E-state index is -1.12. The molecule has 0 saturated carbocycles. The summed E-state index contributed by atoms with van der Waals surface area (Å²) in [7, 11) is 1.64. The van der Waals surface area contributed by atoms with Gasteiger partial charge in [-0.1, -0.05) is 60.7 Å². The molecule has 6 rings (SSSR count). The molecule has 0 radical (unpaired) electrons. The van der Waals surface area contributed by atoms with Crippen LogP contribution in [0.3, 0.4) is 0 Å². The van der Waals surface area contributed by atoms with E-state index in [4.69, 9.17) is 20.2 Å². The first kappa shape index (κ1) is 27.1. The number of nitrogens with two attached hydrogens (primary N) is 1. The number of halogens is 1. The minimum Gasteiger partial charge on any atom is -0.497 e. The van der Waals surface area contributed by atoms with Gasteiger partial charge in [-0.2, -0.15) is 0 Å². The molecular formula is C34H32FN5O2. The fraction of sp³-hybridized carbons (Fsp3) is 0.147. The Labute approximate surface area is 244 Å². The van der Waals surface area contributed by atoms with Gasteiger partial charge >= 0.3 is 0 Å². The van der Waals surface area contributed by atoms with Gasteiger partial charge in [0.15, 0.2) is 11.5 Å². The summed E-state index contributed by atoms with van der Waals surface area (Å²) in [4.78, 5) is 4.97. The Bertz CT molecular complexity index is 1730. The summed E-state index contributed by atoms with van der Waals surface area (Å²) >= 11 is 0. The lowest BCUT2D eigenvalue weighted by Crippen LogP contribution is -2.46. The summed E-state index contributed by atoms with van der Waals surface area (Å²) in [6.07, 6.45) is 3.59. The van der Waals surface area contributed by atoms with Gasteiger partial charge in [0, 0.05) is 30.1 Å². The Kier molecular flexibility index (Phi) is 7.37. The van der Waals surface area contributed by atoms with Crippen molar-refractivity contribution >= 4 is 17.7 Å². The summed E-state index contributed by atoms with van der Waals surface area (Å²) in [5, 5.41) is 6.96. The molecule has 7 nitrogen and oxygen atoms in total. The molecule has 0 spiro atoms. The summed E-state index contributed by atoms with van der Waals surface area (Å²) in [6.45, 7) is 2.80. The molecule has 42 heavy (non-hydrogen) atoms. The molecule has 4 aromatic carbocycles. The molecule has 0 amide bonds. The highest BCUT2D eigenvalue weighted by Gasteiger charge is 2.42. The molecule has 5 aromatic rings. The topological polar surface area (TPSA) is 85.8 Å². The highest BCUT2D eigenvalue weighted by Crippen LogP contribution is 2.44. The molecule has 0 fully saturated rings. The molecule has 1 aliphatic heterocycles. The summed E-state index contributed by atoms with van der Waals surface area (Å²) < 4.78 is 28.9. The standard InChI is InChI=1S/C34H32FN5O2/c1-23-20-40(31-17-16-27(18-29(31)35)42-21-25-8-4-3-5-9-25)33-32(23)37-22-39-34(33,28-10-6-7-11-30(28)36)38-19-24-12-14-26(41-2)15-13-24/h3-18,20,22,38H,19,21,36H2,1-2H3,(H,37,39). The van der Waals surface area contributed by atoms with Gasteiger partial charge in [0.1, 0.15) is 18.1 Å². The lowest BCUT2D eigenvalue weighted by molar-refractivity contribution is 0.304. The highest BCUT2D eigenvalue weighted by atomic mass is 19.1. The first-order chi connectivity index (χ1) is 20.5. The number of anilines is 2. The van der Waals surface area contributed by atoms with E-state index in [-0.39, 0.29) is 0 Å². The number of para-hydroxylation sites is 1. The van der Waals surface area contributed by atoms with Crippen molar-refractivity contribution in [1.82, 2.24) is 9.88 Å². The van der Waals surface area contributed by atoms with Gasteiger partial charge in [0.25, 0.3) is 0 Å². The monoisotopic (exact) mass is 561 g/mol. The zero-order valence-corrected chi connectivity index (χ0v) is 23.5. The van der Waals surface area contributed by atoms with Crippen LogP contribution in [-0.4, -0.2) is 18.0 Å². The number of nitrogens with zero attached hydrogens (tertiary/aromatic N) is 2. The number of hydrogen-bond donors (Lipinski definition) is 3. The second-order valence-corrected chi connectivity index (χ2v) is 10.2.